The molecule has 0 aromatic heterocycles. The van der Waals surface area contributed by atoms with Crippen molar-refractivity contribution >= 4 is 0 Å². The van der Waals surface area contributed by atoms with Gasteiger partial charge in [0.2, 0.25) is 0 Å². The maximum atomic E-state index is 5.58. The largest absolute Gasteiger partial charge is 0.481 e. The molecule has 0 unspecified atom stereocenters. The first-order chi connectivity index (χ1) is 9.23. The predicted molar refractivity (Wildman–Crippen MR) is 79.1 cm³/mol. The third-order valence-electron chi connectivity index (χ3n) is 3.95. The van der Waals surface area contributed by atoms with Crippen molar-refractivity contribution in [3.8, 4) is 18.1 Å². The summed E-state index contributed by atoms with van der Waals surface area (Å²) in [5, 5.41) is 3.70. The number of hydrogen-bond donors (Lipinski definition) is 1. The van der Waals surface area contributed by atoms with Crippen LogP contribution < -0.4 is 10.1 Å². The van der Waals surface area contributed by atoms with Crippen molar-refractivity contribution in [3.05, 3.63) is 29.8 Å². The molecule has 0 radical (unpaired) electrons. The number of terminal acetylenes is 1. The number of nitrogens with one attached hydrogen (secondary N) is 1. The Morgan fingerprint density at radius 1 is 1.26 bits per heavy atom. The van der Waals surface area contributed by atoms with Gasteiger partial charge in [-0.25, -0.2) is 0 Å². The molecule has 19 heavy (non-hydrogen) atoms. The molecule has 102 valence electrons. The molecule has 0 heterocycles. The fourth-order valence-electron chi connectivity index (χ4n) is 2.73. The van der Waals surface area contributed by atoms with E-state index < -0.39 is 0 Å². The Morgan fingerprint density at radius 2 is 2.00 bits per heavy atom. The Labute approximate surface area is 116 Å². The molecule has 0 bridgehead atoms. The van der Waals surface area contributed by atoms with Gasteiger partial charge in [-0.15, -0.1) is 6.42 Å². The number of rotatable bonds is 5. The number of ether oxygens (including phenoxy) is 1. The normalized spacial score (nSPS) is 17.7. The lowest BCUT2D eigenvalue weighted by Gasteiger charge is -2.35. The van der Waals surface area contributed by atoms with E-state index in [0.29, 0.717) is 6.61 Å². The molecule has 2 nitrogen and oxygen atoms in total. The molecule has 1 aliphatic rings. The van der Waals surface area contributed by atoms with E-state index >= 15 is 0 Å². The Bertz CT molecular complexity index is 441. The van der Waals surface area contributed by atoms with E-state index in [0.717, 1.165) is 12.3 Å². The first-order valence-corrected chi connectivity index (χ1v) is 7.13. The highest BCUT2D eigenvalue weighted by Crippen LogP contribution is 2.28. The van der Waals surface area contributed by atoms with Gasteiger partial charge in [0.05, 0.1) is 0 Å². The summed E-state index contributed by atoms with van der Waals surface area (Å²) in [5.74, 6) is 3.41. The summed E-state index contributed by atoms with van der Waals surface area (Å²) in [7, 11) is 0. The molecule has 1 fully saturated rings. The van der Waals surface area contributed by atoms with E-state index in [2.05, 4.69) is 24.2 Å². The Hall–Kier alpha value is -1.46. The molecule has 1 aliphatic carbocycles. The van der Waals surface area contributed by atoms with Gasteiger partial charge in [-0.3, -0.25) is 0 Å². The average molecular weight is 257 g/mol. The van der Waals surface area contributed by atoms with Crippen molar-refractivity contribution < 1.29 is 4.74 Å². The molecular formula is C17H23NO. The summed E-state index contributed by atoms with van der Waals surface area (Å²) in [4.78, 5) is 0. The van der Waals surface area contributed by atoms with Crippen LogP contribution in [0.2, 0.25) is 0 Å². The zero-order chi connectivity index (χ0) is 13.6. The van der Waals surface area contributed by atoms with Crippen LogP contribution in [-0.2, 0) is 6.54 Å². The van der Waals surface area contributed by atoms with Crippen molar-refractivity contribution in [3.63, 3.8) is 0 Å². The molecule has 1 N–H and O–H groups in total. The third-order valence-corrected chi connectivity index (χ3v) is 3.95. The van der Waals surface area contributed by atoms with Gasteiger partial charge in [0.15, 0.2) is 0 Å². The Morgan fingerprint density at radius 3 is 2.74 bits per heavy atom. The van der Waals surface area contributed by atoms with Crippen LogP contribution in [0.3, 0.4) is 0 Å². The van der Waals surface area contributed by atoms with Gasteiger partial charge < -0.3 is 10.1 Å². The minimum absolute atomic E-state index is 0.275. The van der Waals surface area contributed by atoms with Gasteiger partial charge in [0.25, 0.3) is 0 Å². The van der Waals surface area contributed by atoms with Crippen molar-refractivity contribution in [2.75, 3.05) is 6.61 Å². The summed E-state index contributed by atoms with van der Waals surface area (Å²) in [5.41, 5.74) is 1.46. The van der Waals surface area contributed by atoms with Crippen LogP contribution in [0.1, 0.15) is 44.6 Å². The summed E-state index contributed by atoms with van der Waals surface area (Å²) < 4.78 is 5.58. The fourth-order valence-corrected chi connectivity index (χ4v) is 2.73. The molecule has 0 aliphatic heterocycles. The first kappa shape index (κ1) is 14.0. The lowest BCUT2D eigenvalue weighted by Crippen LogP contribution is -2.43. The average Bonchev–Trinajstić information content (AvgIpc) is 2.45. The zero-order valence-electron chi connectivity index (χ0n) is 11.7. The highest BCUT2D eigenvalue weighted by Gasteiger charge is 2.25. The lowest BCUT2D eigenvalue weighted by molar-refractivity contribution is 0.250. The van der Waals surface area contributed by atoms with E-state index in [4.69, 9.17) is 11.2 Å². The minimum Gasteiger partial charge on any atom is -0.481 e. The molecule has 0 amide bonds. The van der Waals surface area contributed by atoms with Crippen LogP contribution in [0, 0.1) is 12.3 Å². The predicted octanol–water partition coefficient (Wildman–Crippen LogP) is 3.51. The van der Waals surface area contributed by atoms with Gasteiger partial charge >= 0.3 is 0 Å². The highest BCUT2D eigenvalue weighted by molar-refractivity contribution is 5.33. The van der Waals surface area contributed by atoms with E-state index in [-0.39, 0.29) is 5.54 Å². The minimum atomic E-state index is 0.275. The van der Waals surface area contributed by atoms with Crippen LogP contribution >= 0.6 is 0 Å². The second-order valence-corrected chi connectivity index (χ2v) is 5.58. The summed E-state index contributed by atoms with van der Waals surface area (Å²) in [6.07, 6.45) is 11.8. The number of benzene rings is 1. The van der Waals surface area contributed by atoms with Gasteiger partial charge in [-0.2, -0.15) is 0 Å². The van der Waals surface area contributed by atoms with Crippen LogP contribution in [-0.4, -0.2) is 12.1 Å². The van der Waals surface area contributed by atoms with E-state index in [9.17, 15) is 0 Å². The second-order valence-electron chi connectivity index (χ2n) is 5.58. The molecule has 0 saturated heterocycles. The Kier molecular flexibility index (Phi) is 4.87. The molecule has 0 spiro atoms. The van der Waals surface area contributed by atoms with E-state index in [1.54, 1.807) is 0 Å². The maximum Gasteiger partial charge on any atom is 0.148 e. The van der Waals surface area contributed by atoms with Crippen molar-refractivity contribution in [1.29, 1.82) is 0 Å². The summed E-state index contributed by atoms with van der Waals surface area (Å²) >= 11 is 0. The number of hydrogen-bond acceptors (Lipinski definition) is 2. The molecule has 0 atom stereocenters. The van der Waals surface area contributed by atoms with Crippen LogP contribution in [0.25, 0.3) is 0 Å². The maximum absolute atomic E-state index is 5.58. The van der Waals surface area contributed by atoms with Crippen LogP contribution in [0.4, 0.5) is 0 Å². The monoisotopic (exact) mass is 257 g/mol. The highest BCUT2D eigenvalue weighted by atomic mass is 16.5. The number of para-hydroxylation sites is 1. The summed E-state index contributed by atoms with van der Waals surface area (Å²) in [6, 6.07) is 8.11. The lowest BCUT2D eigenvalue weighted by atomic mass is 9.83. The third kappa shape index (κ3) is 4.01. The van der Waals surface area contributed by atoms with Crippen LogP contribution in [0.15, 0.2) is 24.3 Å². The van der Waals surface area contributed by atoms with Crippen molar-refractivity contribution in [1.82, 2.24) is 5.32 Å². The second kappa shape index (κ2) is 6.63. The molecular weight excluding hydrogens is 234 g/mol. The van der Waals surface area contributed by atoms with Gasteiger partial charge in [-0.05, 0) is 25.8 Å². The van der Waals surface area contributed by atoms with E-state index in [1.165, 1.54) is 37.7 Å². The molecule has 2 heteroatoms. The molecule has 1 saturated carbocycles. The van der Waals surface area contributed by atoms with Gasteiger partial charge in [0, 0.05) is 17.6 Å². The molecule has 1 aromatic carbocycles. The van der Waals surface area contributed by atoms with Crippen molar-refractivity contribution in [2.24, 2.45) is 0 Å². The Balaban J connectivity index is 1.96. The topological polar surface area (TPSA) is 21.3 Å². The first-order valence-electron chi connectivity index (χ1n) is 7.13. The summed E-state index contributed by atoms with van der Waals surface area (Å²) in [6.45, 7) is 3.50. The fraction of sp³-hybridized carbons (Fsp3) is 0.529. The SMILES string of the molecule is C#CCOc1ccccc1CNC1(C)CCCCC1. The van der Waals surface area contributed by atoms with Crippen molar-refractivity contribution in [2.45, 2.75) is 51.1 Å². The van der Waals surface area contributed by atoms with Crippen LogP contribution in [0.5, 0.6) is 5.75 Å². The molecule has 1 aromatic rings. The zero-order valence-corrected chi connectivity index (χ0v) is 11.7. The quantitative estimate of drug-likeness (QED) is 0.815. The van der Waals surface area contributed by atoms with Gasteiger partial charge in [-0.1, -0.05) is 43.4 Å². The standard InChI is InChI=1S/C17H23NO/c1-3-13-19-16-10-6-5-9-15(16)14-18-17(2)11-7-4-8-12-17/h1,5-6,9-10,18H,4,7-8,11-14H2,2H3. The van der Waals surface area contributed by atoms with Gasteiger partial charge in [0.1, 0.15) is 12.4 Å². The molecule has 2 rings (SSSR count). The van der Waals surface area contributed by atoms with E-state index in [1.807, 2.05) is 18.2 Å². The smallest absolute Gasteiger partial charge is 0.148 e.